The Morgan fingerprint density at radius 2 is 2.07 bits per heavy atom. The first-order valence-corrected chi connectivity index (χ1v) is 15.7. The van der Waals surface area contributed by atoms with Gasteiger partial charge < -0.3 is 40.0 Å². The van der Waals surface area contributed by atoms with Crippen LogP contribution in [0.4, 0.5) is 0 Å². The summed E-state index contributed by atoms with van der Waals surface area (Å²) in [6, 6.07) is 3.66. The molecule has 0 radical (unpaired) electrons. The molecular formula is C33H45N5O6S. The Bertz CT molecular complexity index is 1460. The Balaban J connectivity index is 0.00000226. The van der Waals surface area contributed by atoms with E-state index in [2.05, 4.69) is 22.9 Å². The van der Waals surface area contributed by atoms with Gasteiger partial charge in [-0.15, -0.1) is 12.6 Å². The highest BCUT2D eigenvalue weighted by molar-refractivity contribution is 7.80. The van der Waals surface area contributed by atoms with Crippen molar-refractivity contribution < 1.29 is 28.8 Å². The minimum Gasteiger partial charge on any atom is -0.504 e. The van der Waals surface area contributed by atoms with Crippen molar-refractivity contribution >= 4 is 18.5 Å². The Kier molecular flexibility index (Phi) is 11.3. The van der Waals surface area contributed by atoms with Crippen LogP contribution in [0.2, 0.25) is 0 Å². The van der Waals surface area contributed by atoms with Gasteiger partial charge in [-0.05, 0) is 39.1 Å². The van der Waals surface area contributed by atoms with Crippen LogP contribution in [0.15, 0.2) is 29.7 Å². The van der Waals surface area contributed by atoms with Gasteiger partial charge in [0, 0.05) is 41.3 Å². The number of fused-ring (bicyclic) bond motifs is 5. The zero-order valence-electron chi connectivity index (χ0n) is 26.9. The summed E-state index contributed by atoms with van der Waals surface area (Å²) in [6.07, 6.45) is 2.47. The average molecular weight is 640 g/mol. The van der Waals surface area contributed by atoms with E-state index in [4.69, 9.17) is 37.3 Å². The van der Waals surface area contributed by atoms with Crippen molar-refractivity contribution in [3.63, 3.8) is 0 Å². The van der Waals surface area contributed by atoms with E-state index in [-0.39, 0.29) is 50.3 Å². The first kappa shape index (κ1) is 34.4. The SMILES string of the molecule is C=CCOc1c(S)c2c(c3c1CC1[C@H](N(C)C)c4c(ccc(OC)c4O)CC(C#N)N1[C@H]3CNC(=O)[C@H](C)N)OCOC2.CC. The molecule has 5 rings (SSSR count). The lowest BCUT2D eigenvalue weighted by Gasteiger charge is -2.49. The van der Waals surface area contributed by atoms with Crippen LogP contribution in [0, 0.1) is 11.3 Å². The molecule has 2 unspecified atom stereocenters. The van der Waals surface area contributed by atoms with E-state index < -0.39 is 18.1 Å². The predicted molar refractivity (Wildman–Crippen MR) is 174 cm³/mol. The molecule has 2 aromatic rings. The summed E-state index contributed by atoms with van der Waals surface area (Å²) in [7, 11) is 5.42. The Morgan fingerprint density at radius 3 is 2.69 bits per heavy atom. The zero-order valence-corrected chi connectivity index (χ0v) is 27.8. The topological polar surface area (TPSA) is 143 Å². The van der Waals surface area contributed by atoms with E-state index in [1.54, 1.807) is 19.1 Å². The molecule has 1 amide bonds. The molecule has 12 heteroatoms. The molecule has 0 spiro atoms. The third kappa shape index (κ3) is 6.33. The number of benzene rings is 2. The molecule has 5 atom stereocenters. The van der Waals surface area contributed by atoms with Gasteiger partial charge >= 0.3 is 0 Å². The van der Waals surface area contributed by atoms with Crippen LogP contribution in [0.1, 0.15) is 60.7 Å². The van der Waals surface area contributed by atoms with E-state index >= 15 is 0 Å². The summed E-state index contributed by atoms with van der Waals surface area (Å²) in [4.78, 5) is 17.6. The van der Waals surface area contributed by atoms with Gasteiger partial charge in [0.15, 0.2) is 18.3 Å². The van der Waals surface area contributed by atoms with Crippen LogP contribution in [0.25, 0.3) is 0 Å². The number of rotatable bonds is 8. The fraction of sp³-hybridized carbons (Fsp3) is 0.515. The first-order valence-electron chi connectivity index (χ1n) is 15.2. The molecule has 2 aromatic carbocycles. The lowest BCUT2D eigenvalue weighted by molar-refractivity contribution is -0.122. The zero-order chi connectivity index (χ0) is 33.0. The quantitative estimate of drug-likeness (QED) is 0.250. The number of hydrogen-bond acceptors (Lipinski definition) is 11. The summed E-state index contributed by atoms with van der Waals surface area (Å²) < 4.78 is 23.6. The van der Waals surface area contributed by atoms with E-state index in [1.165, 1.54) is 7.11 Å². The molecule has 0 saturated carbocycles. The van der Waals surface area contributed by atoms with Gasteiger partial charge in [-0.3, -0.25) is 9.69 Å². The van der Waals surface area contributed by atoms with E-state index in [0.29, 0.717) is 40.5 Å². The van der Waals surface area contributed by atoms with Crippen molar-refractivity contribution in [1.29, 1.82) is 5.26 Å². The van der Waals surface area contributed by atoms with Gasteiger partial charge in [-0.2, -0.15) is 5.26 Å². The number of nitrogens with zero attached hydrogens (tertiary/aromatic N) is 3. The molecule has 3 aliphatic rings. The number of carbonyl (C=O) groups excluding carboxylic acids is 1. The van der Waals surface area contributed by atoms with E-state index in [9.17, 15) is 15.2 Å². The second-order valence-electron chi connectivity index (χ2n) is 11.3. The Hall–Kier alpha value is -3.47. The molecule has 0 bridgehead atoms. The lowest BCUT2D eigenvalue weighted by Crippen LogP contribution is -2.56. The van der Waals surface area contributed by atoms with Gasteiger partial charge in [-0.25, -0.2) is 0 Å². The third-order valence-corrected chi connectivity index (χ3v) is 8.97. The number of nitrogens with one attached hydrogen (secondary N) is 1. The number of phenolic OH excluding ortho intramolecular Hbond substituents is 1. The molecule has 3 aliphatic heterocycles. The number of thiol groups is 1. The normalized spacial score (nSPS) is 22.4. The lowest BCUT2D eigenvalue weighted by atomic mass is 9.80. The van der Waals surface area contributed by atoms with Crippen molar-refractivity contribution in [2.24, 2.45) is 5.73 Å². The van der Waals surface area contributed by atoms with Crippen LogP contribution in [0.3, 0.4) is 0 Å². The maximum Gasteiger partial charge on any atom is 0.236 e. The van der Waals surface area contributed by atoms with Crippen LogP contribution < -0.4 is 25.3 Å². The summed E-state index contributed by atoms with van der Waals surface area (Å²) in [5, 5.41) is 25.2. The summed E-state index contributed by atoms with van der Waals surface area (Å²) in [5.41, 5.74) is 9.91. The van der Waals surface area contributed by atoms with Crippen molar-refractivity contribution in [1.82, 2.24) is 15.1 Å². The molecular weight excluding hydrogens is 594 g/mol. The minimum absolute atomic E-state index is 0.0498. The Labute approximate surface area is 271 Å². The highest BCUT2D eigenvalue weighted by Gasteiger charge is 2.50. The number of phenols is 1. The van der Waals surface area contributed by atoms with Crippen LogP contribution in [-0.2, 0) is 29.0 Å². The van der Waals surface area contributed by atoms with Crippen molar-refractivity contribution in [2.45, 2.75) is 75.3 Å². The molecule has 0 aliphatic carbocycles. The Morgan fingerprint density at radius 1 is 1.33 bits per heavy atom. The first-order chi connectivity index (χ1) is 21.6. The van der Waals surface area contributed by atoms with Gasteiger partial charge in [-0.1, -0.05) is 32.6 Å². The fourth-order valence-corrected chi connectivity index (χ4v) is 7.08. The number of hydrogen-bond donors (Lipinski definition) is 4. The molecule has 0 aromatic heterocycles. The number of ether oxygens (including phenoxy) is 4. The summed E-state index contributed by atoms with van der Waals surface area (Å²) in [5.74, 6) is 1.31. The number of nitrogens with two attached hydrogens (primary N) is 1. The van der Waals surface area contributed by atoms with Crippen LogP contribution >= 0.6 is 12.6 Å². The van der Waals surface area contributed by atoms with Crippen LogP contribution in [0.5, 0.6) is 23.0 Å². The number of aromatic hydroxyl groups is 1. The second-order valence-corrected chi connectivity index (χ2v) is 11.8. The number of carbonyl (C=O) groups is 1. The molecule has 3 heterocycles. The van der Waals surface area contributed by atoms with Crippen LogP contribution in [-0.4, -0.2) is 80.1 Å². The minimum atomic E-state index is -0.720. The van der Waals surface area contributed by atoms with Gasteiger partial charge in [0.2, 0.25) is 5.91 Å². The van der Waals surface area contributed by atoms with Crippen molar-refractivity contribution in [3.05, 3.63) is 52.6 Å². The molecule has 45 heavy (non-hydrogen) atoms. The van der Waals surface area contributed by atoms with E-state index in [0.717, 1.165) is 22.3 Å². The number of amides is 1. The van der Waals surface area contributed by atoms with Crippen molar-refractivity contribution in [2.75, 3.05) is 41.1 Å². The number of nitriles is 1. The predicted octanol–water partition coefficient (Wildman–Crippen LogP) is 3.63. The standard InChI is InChI=1S/C31H39N5O6S.C2H6/c1-6-9-41-29-19-11-21-26(35(3)4)24-17(7-8-23(39-5)27(24)37)10-18(12-32)36(21)22(13-34-31(38)16(2)33)25(19)28-20(30(29)43)14-40-15-42-28;1-2/h6-8,16,18,21-22,26,37,43H,1,9-11,13-15,33H2,2-5H3,(H,34,38);1-2H3/t16-,18?,21?,22-,26-;/m0./s1. The van der Waals surface area contributed by atoms with Crippen molar-refractivity contribution in [3.8, 4) is 29.1 Å². The highest BCUT2D eigenvalue weighted by atomic mass is 32.1. The monoisotopic (exact) mass is 639 g/mol. The molecule has 4 N–H and O–H groups in total. The van der Waals surface area contributed by atoms with Gasteiger partial charge in [0.1, 0.15) is 24.1 Å². The molecule has 244 valence electrons. The largest absolute Gasteiger partial charge is 0.504 e. The third-order valence-electron chi connectivity index (χ3n) is 8.50. The summed E-state index contributed by atoms with van der Waals surface area (Å²) in [6.45, 7) is 10.2. The second kappa shape index (κ2) is 14.7. The maximum absolute atomic E-state index is 12.8. The van der Waals surface area contributed by atoms with Gasteiger partial charge in [0.25, 0.3) is 0 Å². The molecule has 0 fully saturated rings. The molecule has 0 saturated heterocycles. The highest BCUT2D eigenvalue weighted by Crippen LogP contribution is 2.54. The maximum atomic E-state index is 12.8. The number of likely N-dealkylation sites (N-methyl/N-ethyl adjacent to an activating group) is 1. The fourth-order valence-electron chi connectivity index (χ4n) is 6.71. The van der Waals surface area contributed by atoms with E-state index in [1.807, 2.05) is 38.9 Å². The molecule has 11 nitrogen and oxygen atoms in total. The number of methoxy groups -OCH3 is 1. The average Bonchev–Trinajstić information content (AvgIpc) is 3.19. The smallest absolute Gasteiger partial charge is 0.236 e. The summed E-state index contributed by atoms with van der Waals surface area (Å²) >= 11 is 4.88. The van der Waals surface area contributed by atoms with Gasteiger partial charge in [0.05, 0.1) is 42.8 Å².